The van der Waals surface area contributed by atoms with E-state index >= 15 is 0 Å². The summed E-state index contributed by atoms with van der Waals surface area (Å²) < 4.78 is 5.43. The highest BCUT2D eigenvalue weighted by atomic mass is 16.3. The fraction of sp³-hybridized carbons (Fsp3) is 0.158. The average Bonchev–Trinajstić information content (AvgIpc) is 3.14. The maximum Gasteiger partial charge on any atom is 0.315 e. The van der Waals surface area contributed by atoms with Gasteiger partial charge in [0.05, 0.1) is 18.8 Å². The summed E-state index contributed by atoms with van der Waals surface area (Å²) in [6, 6.07) is 16.7. The lowest BCUT2D eigenvalue weighted by atomic mass is 10.1. The van der Waals surface area contributed by atoms with Gasteiger partial charge in [-0.05, 0) is 23.3 Å². The molecule has 0 bridgehead atoms. The Kier molecular flexibility index (Phi) is 5.43. The first-order valence-corrected chi connectivity index (χ1v) is 7.95. The van der Waals surface area contributed by atoms with Gasteiger partial charge in [-0.15, -0.1) is 0 Å². The minimum Gasteiger partial charge on any atom is -0.444 e. The van der Waals surface area contributed by atoms with E-state index in [4.69, 9.17) is 4.42 Å². The molecule has 25 heavy (non-hydrogen) atoms. The largest absolute Gasteiger partial charge is 0.444 e. The van der Waals surface area contributed by atoms with E-state index in [1.807, 2.05) is 54.6 Å². The van der Waals surface area contributed by atoms with Crippen molar-refractivity contribution in [2.45, 2.75) is 19.7 Å². The fourth-order valence-corrected chi connectivity index (χ4v) is 2.39. The highest BCUT2D eigenvalue weighted by Crippen LogP contribution is 2.17. The number of aliphatic hydroxyl groups is 1. The van der Waals surface area contributed by atoms with Crippen molar-refractivity contribution in [3.05, 3.63) is 77.7 Å². The molecule has 0 unspecified atom stereocenters. The summed E-state index contributed by atoms with van der Waals surface area (Å²) in [5.74, 6) is 0.523. The number of hydrogen-bond acceptors (Lipinski definition) is 4. The lowest BCUT2D eigenvalue weighted by Crippen LogP contribution is -2.34. The second-order valence-corrected chi connectivity index (χ2v) is 5.47. The van der Waals surface area contributed by atoms with Gasteiger partial charge in [-0.1, -0.05) is 42.5 Å². The molecule has 2 amide bonds. The summed E-state index contributed by atoms with van der Waals surface area (Å²) in [6.45, 7) is 0.557. The van der Waals surface area contributed by atoms with E-state index < -0.39 is 0 Å². The van der Waals surface area contributed by atoms with E-state index in [9.17, 15) is 9.90 Å². The molecule has 6 heteroatoms. The molecule has 1 heterocycles. The van der Waals surface area contributed by atoms with Crippen molar-refractivity contribution in [1.82, 2.24) is 15.6 Å². The van der Waals surface area contributed by atoms with E-state index in [2.05, 4.69) is 15.6 Å². The third-order valence-corrected chi connectivity index (χ3v) is 3.73. The molecule has 0 fully saturated rings. The summed E-state index contributed by atoms with van der Waals surface area (Å²) in [6.07, 6.45) is 1.53. The van der Waals surface area contributed by atoms with Crippen molar-refractivity contribution in [3.8, 4) is 11.5 Å². The molecule has 3 N–H and O–H groups in total. The van der Waals surface area contributed by atoms with Crippen LogP contribution in [0, 0.1) is 0 Å². The Labute approximate surface area is 145 Å². The van der Waals surface area contributed by atoms with E-state index in [1.54, 1.807) is 0 Å². The van der Waals surface area contributed by atoms with Crippen molar-refractivity contribution in [1.29, 1.82) is 0 Å². The zero-order valence-electron chi connectivity index (χ0n) is 13.6. The van der Waals surface area contributed by atoms with Crippen LogP contribution in [0.25, 0.3) is 11.5 Å². The summed E-state index contributed by atoms with van der Waals surface area (Å²) in [5, 5.41) is 14.8. The molecule has 0 aliphatic carbocycles. The zero-order chi connectivity index (χ0) is 17.5. The average molecular weight is 337 g/mol. The molecular formula is C19H19N3O3. The number of carbonyl (C=O) groups excluding carboxylic acids is 1. The lowest BCUT2D eigenvalue weighted by molar-refractivity contribution is 0.239. The van der Waals surface area contributed by atoms with Crippen LogP contribution in [0.1, 0.15) is 16.8 Å². The molecule has 2 aromatic carbocycles. The van der Waals surface area contributed by atoms with Crippen LogP contribution in [0.3, 0.4) is 0 Å². The highest BCUT2D eigenvalue weighted by molar-refractivity contribution is 5.73. The first kappa shape index (κ1) is 16.7. The second kappa shape index (κ2) is 8.12. The Bertz CT molecular complexity index is 831. The maximum atomic E-state index is 11.9. The van der Waals surface area contributed by atoms with Crippen molar-refractivity contribution in [2.75, 3.05) is 0 Å². The molecule has 1 aromatic heterocycles. The summed E-state index contributed by atoms with van der Waals surface area (Å²) in [7, 11) is 0. The van der Waals surface area contributed by atoms with Crippen LogP contribution in [0.5, 0.6) is 0 Å². The summed E-state index contributed by atoms with van der Waals surface area (Å²) >= 11 is 0. The highest BCUT2D eigenvalue weighted by Gasteiger charge is 2.08. The van der Waals surface area contributed by atoms with Gasteiger partial charge in [-0.2, -0.15) is 0 Å². The number of nitrogens with one attached hydrogen (secondary N) is 2. The van der Waals surface area contributed by atoms with Gasteiger partial charge in [0.2, 0.25) is 5.89 Å². The molecule has 0 spiro atoms. The van der Waals surface area contributed by atoms with Crippen LogP contribution < -0.4 is 10.6 Å². The number of hydrogen-bond donors (Lipinski definition) is 3. The van der Waals surface area contributed by atoms with E-state index in [-0.39, 0.29) is 19.2 Å². The van der Waals surface area contributed by atoms with Gasteiger partial charge >= 0.3 is 6.03 Å². The van der Waals surface area contributed by atoms with Crippen LogP contribution >= 0.6 is 0 Å². The van der Waals surface area contributed by atoms with E-state index in [1.165, 1.54) is 6.26 Å². The molecule has 128 valence electrons. The third kappa shape index (κ3) is 4.45. The van der Waals surface area contributed by atoms with Crippen molar-refractivity contribution in [3.63, 3.8) is 0 Å². The van der Waals surface area contributed by atoms with Gasteiger partial charge < -0.3 is 20.2 Å². The van der Waals surface area contributed by atoms with Crippen LogP contribution in [-0.4, -0.2) is 16.1 Å². The summed E-state index contributed by atoms with van der Waals surface area (Å²) in [4.78, 5) is 16.3. The standard InChI is InChI=1S/C19H19N3O3/c23-12-16-9-5-4-8-15(16)10-20-19(24)21-11-17-13-25-18(22-17)14-6-2-1-3-7-14/h1-9,13,23H,10-12H2,(H2,20,21,24). The Morgan fingerprint density at radius 1 is 0.960 bits per heavy atom. The SMILES string of the molecule is O=C(NCc1coc(-c2ccccc2)n1)NCc1ccccc1CO. The quantitative estimate of drug-likeness (QED) is 0.645. The predicted octanol–water partition coefficient (Wildman–Crippen LogP) is 2.83. The Morgan fingerprint density at radius 2 is 1.64 bits per heavy atom. The normalized spacial score (nSPS) is 10.4. The Morgan fingerprint density at radius 3 is 2.40 bits per heavy atom. The molecule has 6 nitrogen and oxygen atoms in total. The number of rotatable bonds is 6. The predicted molar refractivity (Wildman–Crippen MR) is 93.4 cm³/mol. The van der Waals surface area contributed by atoms with E-state index in [0.29, 0.717) is 18.1 Å². The van der Waals surface area contributed by atoms with E-state index in [0.717, 1.165) is 16.7 Å². The Balaban J connectivity index is 1.50. The minimum atomic E-state index is -0.308. The van der Waals surface area contributed by atoms with Gasteiger partial charge in [0, 0.05) is 12.1 Å². The number of carbonyl (C=O) groups is 1. The number of nitrogens with zero attached hydrogens (tertiary/aromatic N) is 1. The number of urea groups is 1. The zero-order valence-corrected chi connectivity index (χ0v) is 13.6. The van der Waals surface area contributed by atoms with Gasteiger partial charge in [0.1, 0.15) is 6.26 Å². The van der Waals surface area contributed by atoms with Crippen molar-refractivity contribution < 1.29 is 14.3 Å². The molecule has 3 rings (SSSR count). The second-order valence-electron chi connectivity index (χ2n) is 5.47. The minimum absolute atomic E-state index is 0.0549. The third-order valence-electron chi connectivity index (χ3n) is 3.73. The van der Waals surface area contributed by atoms with Gasteiger partial charge in [0.25, 0.3) is 0 Å². The molecular weight excluding hydrogens is 318 g/mol. The van der Waals surface area contributed by atoms with Crippen LogP contribution in [0.2, 0.25) is 0 Å². The molecule has 3 aromatic rings. The Hall–Kier alpha value is -3.12. The molecule has 0 atom stereocenters. The molecule has 0 aliphatic rings. The van der Waals surface area contributed by atoms with Gasteiger partial charge in [0.15, 0.2) is 0 Å². The van der Waals surface area contributed by atoms with Gasteiger partial charge in [-0.3, -0.25) is 0 Å². The molecule has 0 saturated carbocycles. The number of aromatic nitrogens is 1. The van der Waals surface area contributed by atoms with Crippen LogP contribution in [0.4, 0.5) is 4.79 Å². The molecule has 0 saturated heterocycles. The topological polar surface area (TPSA) is 87.4 Å². The van der Waals surface area contributed by atoms with Crippen LogP contribution in [0.15, 0.2) is 65.3 Å². The summed E-state index contributed by atoms with van der Waals surface area (Å²) in [5.41, 5.74) is 3.21. The first-order chi connectivity index (χ1) is 12.3. The van der Waals surface area contributed by atoms with Crippen LogP contribution in [-0.2, 0) is 19.7 Å². The number of oxazole rings is 1. The smallest absolute Gasteiger partial charge is 0.315 e. The monoisotopic (exact) mass is 337 g/mol. The number of benzene rings is 2. The molecule has 0 aliphatic heterocycles. The fourth-order valence-electron chi connectivity index (χ4n) is 2.39. The lowest BCUT2D eigenvalue weighted by Gasteiger charge is -2.09. The molecule has 0 radical (unpaired) electrons. The first-order valence-electron chi connectivity index (χ1n) is 7.95. The maximum absolute atomic E-state index is 11.9. The van der Waals surface area contributed by atoms with Gasteiger partial charge in [-0.25, -0.2) is 9.78 Å². The van der Waals surface area contributed by atoms with Crippen molar-refractivity contribution in [2.24, 2.45) is 0 Å². The van der Waals surface area contributed by atoms with Crippen molar-refractivity contribution >= 4 is 6.03 Å². The number of aliphatic hydroxyl groups excluding tert-OH is 1. The number of amides is 2.